The van der Waals surface area contributed by atoms with Crippen molar-refractivity contribution in [1.29, 1.82) is 0 Å². The van der Waals surface area contributed by atoms with Crippen molar-refractivity contribution in [2.24, 2.45) is 22.2 Å². The fourth-order valence-corrected chi connectivity index (χ4v) is 5.24. The Labute approximate surface area is 134 Å². The summed E-state index contributed by atoms with van der Waals surface area (Å²) in [5, 5.41) is 9.81. The number of carbonyl (C=O) groups is 1. The summed E-state index contributed by atoms with van der Waals surface area (Å²) in [6, 6.07) is 0. The van der Waals surface area contributed by atoms with Crippen molar-refractivity contribution in [2.45, 2.75) is 59.3 Å². The quantitative estimate of drug-likeness (QED) is 0.718. The lowest BCUT2D eigenvalue weighted by Gasteiger charge is -2.55. The van der Waals surface area contributed by atoms with Crippen molar-refractivity contribution < 1.29 is 9.90 Å². The number of carboxylic acids is 1. The molecule has 3 aliphatic rings. The molecule has 0 aliphatic heterocycles. The molecular formula is C20H28O2. The first kappa shape index (κ1) is 15.6. The van der Waals surface area contributed by atoms with Crippen molar-refractivity contribution >= 4 is 5.97 Å². The highest BCUT2D eigenvalue weighted by atomic mass is 16.4. The van der Waals surface area contributed by atoms with Gasteiger partial charge in [0.25, 0.3) is 0 Å². The summed E-state index contributed by atoms with van der Waals surface area (Å²) in [5.74, 6) is -0.401. The van der Waals surface area contributed by atoms with Gasteiger partial charge in [0.05, 0.1) is 5.41 Å². The second-order valence-electron chi connectivity index (χ2n) is 8.37. The molecule has 0 amide bonds. The highest BCUT2D eigenvalue weighted by Crippen LogP contribution is 2.62. The molecule has 0 spiro atoms. The molecule has 120 valence electrons. The molecule has 0 aromatic heterocycles. The Bertz CT molecular complexity index is 585. The predicted molar refractivity (Wildman–Crippen MR) is 89.5 cm³/mol. The van der Waals surface area contributed by atoms with Gasteiger partial charge in [-0.05, 0) is 66.9 Å². The third kappa shape index (κ3) is 2.03. The van der Waals surface area contributed by atoms with E-state index >= 15 is 0 Å². The van der Waals surface area contributed by atoms with Crippen molar-refractivity contribution in [3.8, 4) is 0 Å². The summed E-state index contributed by atoms with van der Waals surface area (Å²) in [6.07, 6.45) is 12.7. The Morgan fingerprint density at radius 1 is 1.32 bits per heavy atom. The summed E-state index contributed by atoms with van der Waals surface area (Å²) < 4.78 is 0. The molecule has 2 nitrogen and oxygen atoms in total. The average Bonchev–Trinajstić information content (AvgIpc) is 2.46. The minimum atomic E-state index is -0.618. The summed E-state index contributed by atoms with van der Waals surface area (Å²) >= 11 is 0. The van der Waals surface area contributed by atoms with Crippen LogP contribution in [-0.4, -0.2) is 11.1 Å². The molecule has 4 atom stereocenters. The third-order valence-corrected chi connectivity index (χ3v) is 6.84. The van der Waals surface area contributed by atoms with E-state index in [0.29, 0.717) is 0 Å². The lowest BCUT2D eigenvalue weighted by Crippen LogP contribution is -2.50. The van der Waals surface area contributed by atoms with E-state index in [1.165, 1.54) is 11.1 Å². The van der Waals surface area contributed by atoms with Gasteiger partial charge in [-0.15, -0.1) is 6.58 Å². The van der Waals surface area contributed by atoms with Crippen LogP contribution in [0.5, 0.6) is 0 Å². The predicted octanol–water partition coefficient (Wildman–Crippen LogP) is 5.13. The summed E-state index contributed by atoms with van der Waals surface area (Å²) in [5.41, 5.74) is 2.48. The van der Waals surface area contributed by atoms with Crippen LogP contribution in [0.4, 0.5) is 0 Å². The van der Waals surface area contributed by atoms with Crippen LogP contribution >= 0.6 is 0 Å². The molecule has 0 radical (unpaired) electrons. The van der Waals surface area contributed by atoms with E-state index in [4.69, 9.17) is 0 Å². The van der Waals surface area contributed by atoms with E-state index in [2.05, 4.69) is 38.7 Å². The van der Waals surface area contributed by atoms with E-state index in [9.17, 15) is 9.90 Å². The Morgan fingerprint density at radius 3 is 2.68 bits per heavy atom. The van der Waals surface area contributed by atoms with Crippen molar-refractivity contribution in [1.82, 2.24) is 0 Å². The van der Waals surface area contributed by atoms with Crippen LogP contribution in [0.15, 0.2) is 36.0 Å². The van der Waals surface area contributed by atoms with Crippen molar-refractivity contribution in [3.63, 3.8) is 0 Å². The lowest BCUT2D eigenvalue weighted by molar-refractivity contribution is -0.158. The summed E-state index contributed by atoms with van der Waals surface area (Å²) in [7, 11) is 0. The maximum absolute atomic E-state index is 11.9. The fraction of sp³-hybridized carbons (Fsp3) is 0.650. The number of carboxylic acid groups (broad SMARTS) is 1. The highest BCUT2D eigenvalue weighted by Gasteiger charge is 2.56. The number of rotatable bonds is 2. The molecule has 0 aromatic carbocycles. The van der Waals surface area contributed by atoms with E-state index in [1.807, 2.05) is 6.92 Å². The van der Waals surface area contributed by atoms with E-state index < -0.39 is 11.4 Å². The summed E-state index contributed by atoms with van der Waals surface area (Å²) in [4.78, 5) is 11.9. The van der Waals surface area contributed by atoms with Crippen LogP contribution in [0.3, 0.4) is 0 Å². The maximum Gasteiger partial charge on any atom is 0.309 e. The topological polar surface area (TPSA) is 37.3 Å². The Kier molecular flexibility index (Phi) is 3.43. The Balaban J connectivity index is 2.04. The minimum absolute atomic E-state index is 0.0258. The zero-order chi connectivity index (χ0) is 16.2. The van der Waals surface area contributed by atoms with Gasteiger partial charge in [-0.3, -0.25) is 4.79 Å². The van der Waals surface area contributed by atoms with Crippen molar-refractivity contribution in [3.05, 3.63) is 36.0 Å². The fourth-order valence-electron chi connectivity index (χ4n) is 5.24. The van der Waals surface area contributed by atoms with Crippen LogP contribution in [0.1, 0.15) is 59.3 Å². The molecule has 0 saturated heterocycles. The highest BCUT2D eigenvalue weighted by molar-refractivity contribution is 5.75. The van der Waals surface area contributed by atoms with Crippen LogP contribution in [0.2, 0.25) is 0 Å². The molecule has 0 bridgehead atoms. The number of fused-ring (bicyclic) bond motifs is 3. The third-order valence-electron chi connectivity index (χ3n) is 6.84. The van der Waals surface area contributed by atoms with Gasteiger partial charge in [0.15, 0.2) is 0 Å². The normalized spacial score (nSPS) is 44.2. The average molecular weight is 300 g/mol. The molecule has 0 aromatic rings. The van der Waals surface area contributed by atoms with E-state index in [0.717, 1.165) is 38.5 Å². The molecule has 0 unspecified atom stereocenters. The first-order valence-corrected chi connectivity index (χ1v) is 8.52. The van der Waals surface area contributed by atoms with Gasteiger partial charge in [-0.1, -0.05) is 38.5 Å². The minimum Gasteiger partial charge on any atom is -0.481 e. The Hall–Kier alpha value is -1.31. The molecule has 0 heterocycles. The molecule has 3 rings (SSSR count). The van der Waals surface area contributed by atoms with Crippen molar-refractivity contribution in [2.75, 3.05) is 0 Å². The van der Waals surface area contributed by atoms with Gasteiger partial charge in [0, 0.05) is 0 Å². The van der Waals surface area contributed by atoms with Gasteiger partial charge in [0.2, 0.25) is 0 Å². The van der Waals surface area contributed by atoms with Gasteiger partial charge >= 0.3 is 5.97 Å². The number of hydrogen-bond acceptors (Lipinski definition) is 1. The first-order chi connectivity index (χ1) is 10.3. The van der Waals surface area contributed by atoms with Gasteiger partial charge in [-0.25, -0.2) is 0 Å². The second-order valence-corrected chi connectivity index (χ2v) is 8.37. The van der Waals surface area contributed by atoms with Gasteiger partial charge in [-0.2, -0.15) is 0 Å². The van der Waals surface area contributed by atoms with Crippen LogP contribution < -0.4 is 0 Å². The van der Waals surface area contributed by atoms with E-state index in [-0.39, 0.29) is 16.7 Å². The molecular weight excluding hydrogens is 272 g/mol. The zero-order valence-electron chi connectivity index (χ0n) is 14.1. The SMILES string of the molecule is C=C[C@@]1(C)CC=C2C(=CC[C@@H]3[C@@](C)(C(=O)O)CCC[C@]23C)C1. The van der Waals surface area contributed by atoms with Crippen LogP contribution in [0.25, 0.3) is 0 Å². The summed E-state index contributed by atoms with van der Waals surface area (Å²) in [6.45, 7) is 10.6. The zero-order valence-corrected chi connectivity index (χ0v) is 14.1. The van der Waals surface area contributed by atoms with E-state index in [1.54, 1.807) is 0 Å². The first-order valence-electron chi connectivity index (χ1n) is 8.52. The number of aliphatic carboxylic acids is 1. The standard InChI is InChI=1S/C20H28O2/c1-5-18(2)12-9-15-14(13-18)7-8-16-19(15,3)10-6-11-20(16,4)17(21)22/h5,7,9,16H,1,6,8,10-13H2,2-4H3,(H,21,22)/t16-,18-,19+,20-/m0/s1. The maximum atomic E-state index is 11.9. The smallest absolute Gasteiger partial charge is 0.309 e. The largest absolute Gasteiger partial charge is 0.481 e. The van der Waals surface area contributed by atoms with Crippen LogP contribution in [0, 0.1) is 22.2 Å². The molecule has 1 N–H and O–H groups in total. The molecule has 1 fully saturated rings. The van der Waals surface area contributed by atoms with Crippen LogP contribution in [-0.2, 0) is 4.79 Å². The molecule has 3 aliphatic carbocycles. The number of allylic oxidation sites excluding steroid dienone is 5. The monoisotopic (exact) mass is 300 g/mol. The Morgan fingerprint density at radius 2 is 2.05 bits per heavy atom. The van der Waals surface area contributed by atoms with Gasteiger partial charge in [0.1, 0.15) is 0 Å². The lowest BCUT2D eigenvalue weighted by atomic mass is 9.48. The second kappa shape index (κ2) is 4.84. The number of hydrogen-bond donors (Lipinski definition) is 1. The van der Waals surface area contributed by atoms with Gasteiger partial charge < -0.3 is 5.11 Å². The molecule has 22 heavy (non-hydrogen) atoms. The molecule has 2 heteroatoms. The molecule has 1 saturated carbocycles.